The van der Waals surface area contributed by atoms with Crippen LogP contribution in [0.3, 0.4) is 0 Å². The molecule has 1 fully saturated rings. The van der Waals surface area contributed by atoms with Crippen LogP contribution in [0.2, 0.25) is 0 Å². The first kappa shape index (κ1) is 9.74. The van der Waals surface area contributed by atoms with Crippen LogP contribution in [-0.2, 0) is 0 Å². The SMILES string of the molecule is CC1CCNC(C(O)c2ccco2)C1. The van der Waals surface area contributed by atoms with Crippen molar-refractivity contribution >= 4 is 0 Å². The molecule has 1 aromatic rings. The maximum absolute atomic E-state index is 10.00. The number of furan rings is 1. The Morgan fingerprint density at radius 2 is 2.50 bits per heavy atom. The Hall–Kier alpha value is -0.800. The first-order valence-corrected chi connectivity index (χ1v) is 5.22. The van der Waals surface area contributed by atoms with Gasteiger partial charge in [0.25, 0.3) is 0 Å². The number of aliphatic hydroxyl groups is 1. The number of nitrogens with one attached hydrogen (secondary N) is 1. The van der Waals surface area contributed by atoms with Crippen LogP contribution in [0, 0.1) is 5.92 Å². The predicted octanol–water partition coefficient (Wildman–Crippen LogP) is 1.70. The minimum absolute atomic E-state index is 0.143. The van der Waals surface area contributed by atoms with E-state index in [0.717, 1.165) is 13.0 Å². The third-order valence-corrected chi connectivity index (χ3v) is 2.92. The van der Waals surface area contributed by atoms with Gasteiger partial charge in [-0.15, -0.1) is 0 Å². The van der Waals surface area contributed by atoms with Gasteiger partial charge in [0.1, 0.15) is 11.9 Å². The van der Waals surface area contributed by atoms with Gasteiger partial charge < -0.3 is 14.8 Å². The zero-order valence-corrected chi connectivity index (χ0v) is 8.44. The Kier molecular flexibility index (Phi) is 2.89. The van der Waals surface area contributed by atoms with Crippen molar-refractivity contribution in [1.29, 1.82) is 0 Å². The van der Waals surface area contributed by atoms with Crippen molar-refractivity contribution in [1.82, 2.24) is 5.32 Å². The Balaban J connectivity index is 2.00. The molecule has 2 heterocycles. The highest BCUT2D eigenvalue weighted by Crippen LogP contribution is 2.25. The summed E-state index contributed by atoms with van der Waals surface area (Å²) in [4.78, 5) is 0. The van der Waals surface area contributed by atoms with E-state index in [0.29, 0.717) is 11.7 Å². The quantitative estimate of drug-likeness (QED) is 0.755. The lowest BCUT2D eigenvalue weighted by molar-refractivity contribution is 0.0820. The van der Waals surface area contributed by atoms with Crippen molar-refractivity contribution < 1.29 is 9.52 Å². The highest BCUT2D eigenvalue weighted by atomic mass is 16.4. The summed E-state index contributed by atoms with van der Waals surface area (Å²) >= 11 is 0. The fourth-order valence-electron chi connectivity index (χ4n) is 2.05. The van der Waals surface area contributed by atoms with Crippen molar-refractivity contribution in [2.75, 3.05) is 6.54 Å². The van der Waals surface area contributed by atoms with Crippen LogP contribution >= 0.6 is 0 Å². The molecule has 0 bridgehead atoms. The summed E-state index contributed by atoms with van der Waals surface area (Å²) in [5.74, 6) is 1.35. The maximum Gasteiger partial charge on any atom is 0.133 e. The highest BCUT2D eigenvalue weighted by molar-refractivity contribution is 5.05. The standard InChI is InChI=1S/C11H17NO2/c1-8-4-5-12-9(7-8)11(13)10-3-2-6-14-10/h2-3,6,8-9,11-13H,4-5,7H2,1H3. The summed E-state index contributed by atoms with van der Waals surface area (Å²) < 4.78 is 5.19. The molecule has 1 aromatic heterocycles. The fraction of sp³-hybridized carbons (Fsp3) is 0.636. The van der Waals surface area contributed by atoms with Crippen LogP contribution in [0.1, 0.15) is 31.6 Å². The molecule has 0 saturated carbocycles. The monoisotopic (exact) mass is 195 g/mol. The highest BCUT2D eigenvalue weighted by Gasteiger charge is 2.27. The van der Waals surface area contributed by atoms with E-state index in [1.165, 1.54) is 6.42 Å². The van der Waals surface area contributed by atoms with E-state index in [1.807, 2.05) is 12.1 Å². The summed E-state index contributed by atoms with van der Waals surface area (Å²) in [7, 11) is 0. The van der Waals surface area contributed by atoms with Gasteiger partial charge in [-0.05, 0) is 37.4 Å². The third-order valence-electron chi connectivity index (χ3n) is 2.92. The zero-order valence-electron chi connectivity index (χ0n) is 8.44. The fourth-order valence-corrected chi connectivity index (χ4v) is 2.05. The molecule has 0 aliphatic carbocycles. The number of piperidine rings is 1. The Bertz CT molecular complexity index is 271. The molecule has 3 unspecified atom stereocenters. The second kappa shape index (κ2) is 4.15. The molecule has 0 aromatic carbocycles. The van der Waals surface area contributed by atoms with Gasteiger partial charge in [-0.1, -0.05) is 6.92 Å². The van der Waals surface area contributed by atoms with Crippen molar-refractivity contribution in [3.63, 3.8) is 0 Å². The van der Waals surface area contributed by atoms with Gasteiger partial charge in [0.2, 0.25) is 0 Å². The van der Waals surface area contributed by atoms with Crippen LogP contribution in [0.15, 0.2) is 22.8 Å². The van der Waals surface area contributed by atoms with E-state index >= 15 is 0 Å². The van der Waals surface area contributed by atoms with E-state index in [1.54, 1.807) is 6.26 Å². The summed E-state index contributed by atoms with van der Waals surface area (Å²) in [6.45, 7) is 3.21. The molecule has 0 spiro atoms. The van der Waals surface area contributed by atoms with Gasteiger partial charge >= 0.3 is 0 Å². The van der Waals surface area contributed by atoms with Crippen LogP contribution in [0.25, 0.3) is 0 Å². The average molecular weight is 195 g/mol. The van der Waals surface area contributed by atoms with Gasteiger partial charge in [0, 0.05) is 6.04 Å². The number of aliphatic hydroxyl groups excluding tert-OH is 1. The van der Waals surface area contributed by atoms with Crippen molar-refractivity contribution in [2.45, 2.75) is 31.9 Å². The summed E-state index contributed by atoms with van der Waals surface area (Å²) in [5.41, 5.74) is 0. The molecule has 0 radical (unpaired) electrons. The molecule has 0 amide bonds. The lowest BCUT2D eigenvalue weighted by Crippen LogP contribution is -2.41. The molecule has 78 valence electrons. The second-order valence-corrected chi connectivity index (χ2v) is 4.15. The topological polar surface area (TPSA) is 45.4 Å². The minimum atomic E-state index is -0.507. The second-order valence-electron chi connectivity index (χ2n) is 4.15. The summed E-state index contributed by atoms with van der Waals surface area (Å²) in [5, 5.41) is 13.3. The largest absolute Gasteiger partial charge is 0.467 e. The third kappa shape index (κ3) is 1.99. The van der Waals surface area contributed by atoms with Crippen LogP contribution in [-0.4, -0.2) is 17.7 Å². The first-order valence-electron chi connectivity index (χ1n) is 5.22. The Morgan fingerprint density at radius 1 is 1.64 bits per heavy atom. The van der Waals surface area contributed by atoms with Crippen molar-refractivity contribution in [3.8, 4) is 0 Å². The molecule has 1 aliphatic heterocycles. The summed E-state index contributed by atoms with van der Waals surface area (Å²) in [6.07, 6.45) is 3.31. The van der Waals surface area contributed by atoms with Gasteiger partial charge in [-0.2, -0.15) is 0 Å². The summed E-state index contributed by atoms with van der Waals surface area (Å²) in [6, 6.07) is 3.78. The molecule has 2 rings (SSSR count). The molecule has 1 saturated heterocycles. The number of rotatable bonds is 2. The van der Waals surface area contributed by atoms with E-state index in [2.05, 4.69) is 12.2 Å². The molecule has 3 atom stereocenters. The van der Waals surface area contributed by atoms with E-state index in [9.17, 15) is 5.11 Å². The zero-order chi connectivity index (χ0) is 9.97. The maximum atomic E-state index is 10.00. The molecule has 2 N–H and O–H groups in total. The van der Waals surface area contributed by atoms with Crippen molar-refractivity contribution in [3.05, 3.63) is 24.2 Å². The Labute approximate surface area is 84.1 Å². The smallest absolute Gasteiger partial charge is 0.133 e. The molecule has 3 heteroatoms. The minimum Gasteiger partial charge on any atom is -0.467 e. The predicted molar refractivity (Wildman–Crippen MR) is 53.9 cm³/mol. The average Bonchev–Trinajstić information content (AvgIpc) is 2.69. The van der Waals surface area contributed by atoms with E-state index in [4.69, 9.17) is 4.42 Å². The van der Waals surface area contributed by atoms with E-state index in [-0.39, 0.29) is 6.04 Å². The van der Waals surface area contributed by atoms with Gasteiger partial charge in [-0.25, -0.2) is 0 Å². The van der Waals surface area contributed by atoms with Crippen molar-refractivity contribution in [2.24, 2.45) is 5.92 Å². The molecular weight excluding hydrogens is 178 g/mol. The Morgan fingerprint density at radius 3 is 3.14 bits per heavy atom. The number of hydrogen-bond donors (Lipinski definition) is 2. The van der Waals surface area contributed by atoms with Gasteiger partial charge in [-0.3, -0.25) is 0 Å². The molecular formula is C11H17NO2. The van der Waals surface area contributed by atoms with Gasteiger partial charge in [0.15, 0.2) is 0 Å². The normalized spacial score (nSPS) is 30.1. The first-order chi connectivity index (χ1) is 6.77. The van der Waals surface area contributed by atoms with Crippen LogP contribution in [0.5, 0.6) is 0 Å². The lowest BCUT2D eigenvalue weighted by Gasteiger charge is -2.30. The van der Waals surface area contributed by atoms with E-state index < -0.39 is 6.10 Å². The van der Waals surface area contributed by atoms with Gasteiger partial charge in [0.05, 0.1) is 6.26 Å². The molecule has 1 aliphatic rings. The van der Waals surface area contributed by atoms with Crippen LogP contribution < -0.4 is 5.32 Å². The molecule has 3 nitrogen and oxygen atoms in total. The van der Waals surface area contributed by atoms with Crippen LogP contribution in [0.4, 0.5) is 0 Å². The lowest BCUT2D eigenvalue weighted by atomic mass is 9.90. The number of hydrogen-bond acceptors (Lipinski definition) is 3. The molecule has 14 heavy (non-hydrogen) atoms.